The van der Waals surface area contributed by atoms with Gasteiger partial charge in [-0.3, -0.25) is 0 Å². The molecule has 506 valence electrons. The Morgan fingerprint density at radius 1 is 0.148 bits per heavy atom. The number of nitrogens with zero attached hydrogens (tertiary/aromatic N) is 4. The average Bonchev–Trinajstić information content (AvgIpc) is 1.61. The summed E-state index contributed by atoms with van der Waals surface area (Å²) in [5.74, 6) is 0. The lowest BCUT2D eigenvalue weighted by Crippen LogP contribution is -1.93. The summed E-state index contributed by atoms with van der Waals surface area (Å²) in [6, 6.07) is 121. The second-order valence-electron chi connectivity index (χ2n) is 27.5. The third-order valence-electron chi connectivity index (χ3n) is 21.0. The van der Waals surface area contributed by atoms with Gasteiger partial charge in [-0.05, 0) is 152 Å². The van der Waals surface area contributed by atoms with Crippen molar-refractivity contribution in [2.45, 2.75) is 0 Å². The number of nitrogens with one attached hydrogen (secondary N) is 4. The van der Waals surface area contributed by atoms with Gasteiger partial charge in [0.1, 0.15) is 0 Å². The van der Waals surface area contributed by atoms with Crippen LogP contribution in [0.1, 0.15) is 56.7 Å². The number of fused-ring (bicyclic) bond motifs is 16. The van der Waals surface area contributed by atoms with E-state index in [4.69, 9.17) is 19.9 Å². The van der Waals surface area contributed by atoms with Crippen molar-refractivity contribution in [1.82, 2.24) is 39.9 Å². The van der Waals surface area contributed by atoms with Crippen LogP contribution in [0.3, 0.4) is 0 Å². The summed E-state index contributed by atoms with van der Waals surface area (Å²) in [7, 11) is 0. The lowest BCUT2D eigenvalue weighted by molar-refractivity contribution is 1.30. The molecular weight excluding hydrogens is 1310 g/mol. The van der Waals surface area contributed by atoms with Gasteiger partial charge in [0.15, 0.2) is 0 Å². The van der Waals surface area contributed by atoms with Crippen molar-refractivity contribution in [1.29, 1.82) is 0 Å². The van der Waals surface area contributed by atoms with E-state index >= 15 is 0 Å². The standard InChI is InChI=1S/C100H66N8/c1-9-25-67(26-10-1)91-77-49-51-79(101-77)93(69-29-13-3-14-30-69)83-57-59-87(105-83)97(73-37-21-7-22-38-73)99-75(61-89(107-99)95(71-33-17-5-18-34-71)85-55-53-81(91)103-85)65-45-41-63(42-46-65)64-43-47-66(48-44-64)76-62-90-96(72-35-19-6-20-36-72)86-56-54-82(104-86)92(68-27-11-2-12-28-68)78-50-52-80(102-78)94(70-31-15-4-16-32-70)84-58-60-88(106-84)98(100(76)108-90)74-39-23-8-24-40-74/h1-62,103-106H. The molecule has 0 aliphatic carbocycles. The van der Waals surface area contributed by atoms with Gasteiger partial charge < -0.3 is 19.9 Å². The van der Waals surface area contributed by atoms with E-state index in [1.807, 2.05) is 0 Å². The van der Waals surface area contributed by atoms with Crippen LogP contribution in [0.2, 0.25) is 0 Å². The Labute approximate surface area is 624 Å². The molecule has 4 aliphatic heterocycles. The monoisotopic (exact) mass is 1380 g/mol. The molecule has 8 nitrogen and oxygen atoms in total. The zero-order chi connectivity index (χ0) is 71.4. The largest absolute Gasteiger partial charge is 0.354 e. The molecule has 4 aliphatic rings. The van der Waals surface area contributed by atoms with Crippen LogP contribution in [0.25, 0.3) is 192 Å². The Morgan fingerprint density at radius 3 is 0.556 bits per heavy atom. The van der Waals surface area contributed by atoms with E-state index in [0.29, 0.717) is 0 Å². The van der Waals surface area contributed by atoms with Crippen LogP contribution in [0, 0.1) is 0 Å². The van der Waals surface area contributed by atoms with Gasteiger partial charge in [-0.15, -0.1) is 0 Å². The fraction of sp³-hybridized carbons (Fsp3) is 0. The van der Waals surface area contributed by atoms with Gasteiger partial charge in [-0.25, -0.2) is 19.9 Å². The molecule has 8 heteroatoms. The average molecular weight is 1380 g/mol. The van der Waals surface area contributed by atoms with E-state index in [0.717, 1.165) is 212 Å². The third-order valence-corrected chi connectivity index (χ3v) is 21.0. The molecule has 0 atom stereocenters. The number of aromatic nitrogens is 8. The molecule has 0 saturated heterocycles. The highest BCUT2D eigenvalue weighted by Gasteiger charge is 2.27. The number of benzene rings is 10. The van der Waals surface area contributed by atoms with Crippen LogP contribution >= 0.6 is 0 Å². The Kier molecular flexibility index (Phi) is 15.7. The molecule has 0 spiro atoms. The first-order valence-electron chi connectivity index (χ1n) is 36.6. The Balaban J connectivity index is 0.772. The van der Waals surface area contributed by atoms with Gasteiger partial charge in [0, 0.05) is 99.8 Å². The Hall–Kier alpha value is -14.6. The topological polar surface area (TPSA) is 115 Å². The minimum atomic E-state index is 0.840. The van der Waals surface area contributed by atoms with Crippen molar-refractivity contribution in [3.05, 3.63) is 396 Å². The molecule has 4 N–H and O–H groups in total. The van der Waals surface area contributed by atoms with E-state index in [1.54, 1.807) is 0 Å². The van der Waals surface area contributed by atoms with Crippen LogP contribution in [0.5, 0.6) is 0 Å². The van der Waals surface area contributed by atoms with E-state index in [1.165, 1.54) is 0 Å². The van der Waals surface area contributed by atoms with Crippen LogP contribution < -0.4 is 0 Å². The van der Waals surface area contributed by atoms with Gasteiger partial charge in [-0.1, -0.05) is 291 Å². The molecule has 10 heterocycles. The van der Waals surface area contributed by atoms with E-state index in [9.17, 15) is 0 Å². The second-order valence-corrected chi connectivity index (χ2v) is 27.5. The summed E-state index contributed by atoms with van der Waals surface area (Å²) < 4.78 is 0. The van der Waals surface area contributed by atoms with Gasteiger partial charge in [0.25, 0.3) is 0 Å². The lowest BCUT2D eigenvalue weighted by atomic mass is 9.92. The fourth-order valence-corrected chi connectivity index (χ4v) is 16.0. The molecule has 108 heavy (non-hydrogen) atoms. The molecule has 16 aromatic rings. The zero-order valence-electron chi connectivity index (χ0n) is 58.6. The minimum absolute atomic E-state index is 0.840. The molecule has 0 radical (unpaired) electrons. The summed E-state index contributed by atoms with van der Waals surface area (Å²) in [6.07, 6.45) is 13.2. The van der Waals surface area contributed by atoms with Crippen molar-refractivity contribution in [3.63, 3.8) is 0 Å². The molecule has 0 fully saturated rings. The molecule has 16 bridgehead atoms. The van der Waals surface area contributed by atoms with Crippen LogP contribution in [-0.2, 0) is 0 Å². The van der Waals surface area contributed by atoms with E-state index < -0.39 is 0 Å². The molecule has 0 amide bonds. The summed E-state index contributed by atoms with van der Waals surface area (Å²) in [6.45, 7) is 0. The van der Waals surface area contributed by atoms with Crippen LogP contribution in [0.15, 0.2) is 340 Å². The van der Waals surface area contributed by atoms with Gasteiger partial charge in [0.05, 0.1) is 45.6 Å². The molecular formula is C100H66N8. The number of hydrogen-bond donors (Lipinski definition) is 4. The number of hydrogen-bond acceptors (Lipinski definition) is 4. The van der Waals surface area contributed by atoms with Gasteiger partial charge in [0.2, 0.25) is 0 Å². The maximum Gasteiger partial charge on any atom is 0.0815 e. The second kappa shape index (κ2) is 26.9. The Morgan fingerprint density at radius 2 is 0.333 bits per heavy atom. The molecule has 10 aromatic carbocycles. The first-order chi connectivity index (χ1) is 53.5. The quantitative estimate of drug-likeness (QED) is 0.103. The normalized spacial score (nSPS) is 12.3. The zero-order valence-corrected chi connectivity index (χ0v) is 58.6. The molecule has 6 aromatic heterocycles. The maximum atomic E-state index is 5.88. The van der Waals surface area contributed by atoms with Crippen molar-refractivity contribution in [2.75, 3.05) is 0 Å². The minimum Gasteiger partial charge on any atom is -0.354 e. The number of H-pyrrole nitrogens is 4. The van der Waals surface area contributed by atoms with Crippen LogP contribution in [0.4, 0.5) is 0 Å². The fourth-order valence-electron chi connectivity index (χ4n) is 16.0. The van der Waals surface area contributed by atoms with E-state index in [-0.39, 0.29) is 0 Å². The molecule has 0 unspecified atom stereocenters. The highest BCUT2D eigenvalue weighted by molar-refractivity contribution is 6.08. The summed E-state index contributed by atoms with van der Waals surface area (Å²) in [5, 5.41) is 0. The molecule has 0 saturated carbocycles. The SMILES string of the molecule is C1=Cc2nc1c(-c1ccccc1)c1ccc([nH]1)c(-c1ccccc1)c1nc(c(-c3ccccc3)c3ccc([nH]3)c2-c2ccccc2)C(c2ccc(-c3ccc(C4=Cc5nc4c(-c4ccccc4)c4ccc([nH]4)c(-c4ccccc4)c4nc(c(-c6ccccc6)c6ccc([nH]6)c5-c5ccccc5)C=C4)cc3)cc2)=C1. The van der Waals surface area contributed by atoms with Gasteiger partial charge >= 0.3 is 0 Å². The summed E-state index contributed by atoms with van der Waals surface area (Å²) >= 11 is 0. The maximum absolute atomic E-state index is 5.88. The van der Waals surface area contributed by atoms with Crippen LogP contribution in [-0.4, -0.2) is 39.9 Å². The Bertz CT molecular complexity index is 6280. The first kappa shape index (κ1) is 63.1. The highest BCUT2D eigenvalue weighted by atomic mass is 14.8. The number of rotatable bonds is 11. The predicted molar refractivity (Wildman–Crippen MR) is 449 cm³/mol. The van der Waals surface area contributed by atoms with Crippen molar-refractivity contribution >= 4 is 91.7 Å². The van der Waals surface area contributed by atoms with Crippen molar-refractivity contribution < 1.29 is 0 Å². The van der Waals surface area contributed by atoms with Crippen molar-refractivity contribution in [2.24, 2.45) is 0 Å². The van der Waals surface area contributed by atoms with Gasteiger partial charge in [-0.2, -0.15) is 0 Å². The molecule has 20 rings (SSSR count). The van der Waals surface area contributed by atoms with Crippen molar-refractivity contribution in [3.8, 4) is 100 Å². The summed E-state index contributed by atoms with van der Waals surface area (Å²) in [4.78, 5) is 38.7. The summed E-state index contributed by atoms with van der Waals surface area (Å²) in [5.41, 5.74) is 36.9. The smallest absolute Gasteiger partial charge is 0.0815 e. The highest BCUT2D eigenvalue weighted by Crippen LogP contribution is 2.46. The predicted octanol–water partition coefficient (Wildman–Crippen LogP) is 25.5. The van der Waals surface area contributed by atoms with E-state index in [2.05, 4.69) is 396 Å². The lowest BCUT2D eigenvalue weighted by Gasteiger charge is -2.12. The first-order valence-corrected chi connectivity index (χ1v) is 36.6. The number of aromatic amines is 4. The third kappa shape index (κ3) is 11.5.